The van der Waals surface area contributed by atoms with Crippen molar-refractivity contribution in [3.8, 4) is 0 Å². The summed E-state index contributed by atoms with van der Waals surface area (Å²) in [5.74, 6) is 0.481. The molecule has 1 unspecified atom stereocenters. The molecule has 0 spiro atoms. The molecule has 1 N–H and O–H groups in total. The number of hydrogen-bond donors (Lipinski definition) is 1. The van der Waals surface area contributed by atoms with Gasteiger partial charge in [0.1, 0.15) is 5.82 Å². The van der Waals surface area contributed by atoms with E-state index in [0.29, 0.717) is 18.0 Å². The molecule has 3 atom stereocenters. The van der Waals surface area contributed by atoms with Crippen LogP contribution in [0.3, 0.4) is 0 Å². The molecule has 4 heterocycles. The SMILES string of the molecule is Cc1cc(C2C[C@H]3CC[C@@H](C2)N3Cc2cc3n(n2)CCNC3)ccc1F. The molecule has 138 valence electrons. The number of halogens is 1. The van der Waals surface area contributed by atoms with Crippen molar-refractivity contribution in [2.75, 3.05) is 6.54 Å². The highest BCUT2D eigenvalue weighted by Crippen LogP contribution is 2.43. The van der Waals surface area contributed by atoms with Crippen LogP contribution in [0.25, 0.3) is 0 Å². The molecule has 2 aromatic rings. The molecule has 4 nitrogen and oxygen atoms in total. The van der Waals surface area contributed by atoms with Gasteiger partial charge in [0.15, 0.2) is 0 Å². The largest absolute Gasteiger partial charge is 0.309 e. The van der Waals surface area contributed by atoms with Gasteiger partial charge in [-0.05, 0) is 61.8 Å². The molecule has 5 rings (SSSR count). The maximum Gasteiger partial charge on any atom is 0.126 e. The summed E-state index contributed by atoms with van der Waals surface area (Å²) in [7, 11) is 0. The van der Waals surface area contributed by atoms with Crippen molar-refractivity contribution in [2.45, 2.75) is 70.2 Å². The lowest BCUT2D eigenvalue weighted by atomic mass is 9.84. The standard InChI is InChI=1S/C21H27FN4/c1-14-8-15(2-5-21(14)22)16-9-18-3-4-19(10-16)25(18)13-17-11-20-12-23-6-7-26(20)24-17/h2,5,8,11,16,18-19,23H,3-4,6-7,9-10,12-13H2,1H3/t16?,18-,19+. The zero-order valence-electron chi connectivity index (χ0n) is 15.4. The van der Waals surface area contributed by atoms with Gasteiger partial charge in [0.25, 0.3) is 0 Å². The number of aryl methyl sites for hydroxylation is 1. The zero-order chi connectivity index (χ0) is 17.7. The van der Waals surface area contributed by atoms with Crippen LogP contribution in [0.15, 0.2) is 24.3 Å². The summed E-state index contributed by atoms with van der Waals surface area (Å²) < 4.78 is 15.8. The smallest absolute Gasteiger partial charge is 0.126 e. The maximum atomic E-state index is 13.6. The Bertz CT molecular complexity index is 777. The van der Waals surface area contributed by atoms with Gasteiger partial charge in [0.05, 0.1) is 17.9 Å². The summed E-state index contributed by atoms with van der Waals surface area (Å²) in [6.45, 7) is 5.78. The van der Waals surface area contributed by atoms with Gasteiger partial charge in [-0.3, -0.25) is 9.58 Å². The number of nitrogens with one attached hydrogen (secondary N) is 1. The second-order valence-electron chi connectivity index (χ2n) is 8.26. The van der Waals surface area contributed by atoms with Gasteiger partial charge in [-0.1, -0.05) is 12.1 Å². The molecule has 0 aliphatic carbocycles. The number of benzene rings is 1. The first-order valence-corrected chi connectivity index (χ1v) is 9.95. The molecule has 0 saturated carbocycles. The van der Waals surface area contributed by atoms with Crippen LogP contribution >= 0.6 is 0 Å². The van der Waals surface area contributed by atoms with Gasteiger partial charge in [-0.2, -0.15) is 5.10 Å². The monoisotopic (exact) mass is 354 g/mol. The number of fused-ring (bicyclic) bond motifs is 3. The zero-order valence-corrected chi connectivity index (χ0v) is 15.4. The van der Waals surface area contributed by atoms with E-state index in [1.807, 2.05) is 13.0 Å². The average molecular weight is 354 g/mol. The van der Waals surface area contributed by atoms with Crippen LogP contribution < -0.4 is 5.32 Å². The van der Waals surface area contributed by atoms with E-state index in [1.54, 1.807) is 6.07 Å². The number of piperidine rings is 1. The normalized spacial score (nSPS) is 28.3. The molecule has 1 aromatic carbocycles. The van der Waals surface area contributed by atoms with Crippen LogP contribution in [0.2, 0.25) is 0 Å². The summed E-state index contributed by atoms with van der Waals surface area (Å²) in [5, 5.41) is 8.25. The molecule has 3 aliphatic heterocycles. The molecule has 26 heavy (non-hydrogen) atoms. The quantitative estimate of drug-likeness (QED) is 0.918. The van der Waals surface area contributed by atoms with Crippen molar-refractivity contribution in [1.29, 1.82) is 0 Å². The van der Waals surface area contributed by atoms with Crippen molar-refractivity contribution in [2.24, 2.45) is 0 Å². The highest BCUT2D eigenvalue weighted by atomic mass is 19.1. The summed E-state index contributed by atoms with van der Waals surface area (Å²) >= 11 is 0. The van der Waals surface area contributed by atoms with Crippen molar-refractivity contribution < 1.29 is 4.39 Å². The number of hydrogen-bond acceptors (Lipinski definition) is 3. The predicted molar refractivity (Wildman–Crippen MR) is 99.4 cm³/mol. The summed E-state index contributed by atoms with van der Waals surface area (Å²) in [5.41, 5.74) is 4.63. The van der Waals surface area contributed by atoms with Crippen molar-refractivity contribution >= 4 is 0 Å². The Labute approximate surface area is 154 Å². The van der Waals surface area contributed by atoms with Crippen molar-refractivity contribution in [3.05, 3.63) is 52.6 Å². The minimum absolute atomic E-state index is 0.0904. The summed E-state index contributed by atoms with van der Waals surface area (Å²) in [4.78, 5) is 2.69. The van der Waals surface area contributed by atoms with Gasteiger partial charge < -0.3 is 5.32 Å². The van der Waals surface area contributed by atoms with Crippen LogP contribution in [-0.2, 0) is 19.6 Å². The second-order valence-corrected chi connectivity index (χ2v) is 8.26. The molecular formula is C21H27FN4. The number of aromatic nitrogens is 2. The molecule has 0 amide bonds. The molecule has 2 saturated heterocycles. The Morgan fingerprint density at radius 3 is 2.73 bits per heavy atom. The second kappa shape index (κ2) is 6.46. The third kappa shape index (κ3) is 2.87. The highest BCUT2D eigenvalue weighted by Gasteiger charge is 2.41. The average Bonchev–Trinajstić information content (AvgIpc) is 3.14. The Kier molecular flexibility index (Phi) is 4.09. The first-order valence-electron chi connectivity index (χ1n) is 9.95. The van der Waals surface area contributed by atoms with E-state index >= 15 is 0 Å². The first-order chi connectivity index (χ1) is 12.7. The van der Waals surface area contributed by atoms with E-state index < -0.39 is 0 Å². The lowest BCUT2D eigenvalue weighted by Gasteiger charge is -2.39. The van der Waals surface area contributed by atoms with E-state index in [4.69, 9.17) is 5.10 Å². The van der Waals surface area contributed by atoms with Crippen LogP contribution in [-0.4, -0.2) is 33.3 Å². The Balaban J connectivity index is 1.31. The molecule has 2 fully saturated rings. The van der Waals surface area contributed by atoms with Crippen molar-refractivity contribution in [1.82, 2.24) is 20.0 Å². The van der Waals surface area contributed by atoms with Crippen LogP contribution in [0.5, 0.6) is 0 Å². The van der Waals surface area contributed by atoms with E-state index in [2.05, 4.69) is 27.0 Å². The van der Waals surface area contributed by atoms with Gasteiger partial charge >= 0.3 is 0 Å². The Hall–Kier alpha value is -1.72. The topological polar surface area (TPSA) is 33.1 Å². The third-order valence-corrected chi connectivity index (χ3v) is 6.60. The van der Waals surface area contributed by atoms with Gasteiger partial charge in [-0.15, -0.1) is 0 Å². The lowest BCUT2D eigenvalue weighted by molar-refractivity contribution is 0.116. The van der Waals surface area contributed by atoms with Crippen molar-refractivity contribution in [3.63, 3.8) is 0 Å². The third-order valence-electron chi connectivity index (χ3n) is 6.60. The fourth-order valence-corrected chi connectivity index (χ4v) is 5.24. The van der Waals surface area contributed by atoms with Gasteiger partial charge in [0, 0.05) is 31.7 Å². The first kappa shape index (κ1) is 16.5. The van der Waals surface area contributed by atoms with Crippen LogP contribution in [0.4, 0.5) is 4.39 Å². The molecular weight excluding hydrogens is 327 g/mol. The van der Waals surface area contributed by atoms with Gasteiger partial charge in [-0.25, -0.2) is 4.39 Å². The number of nitrogens with zero attached hydrogens (tertiary/aromatic N) is 3. The maximum absolute atomic E-state index is 13.6. The molecule has 0 radical (unpaired) electrons. The van der Waals surface area contributed by atoms with E-state index in [9.17, 15) is 4.39 Å². The minimum Gasteiger partial charge on any atom is -0.309 e. The minimum atomic E-state index is -0.0904. The molecule has 5 heteroatoms. The van der Waals surface area contributed by atoms with E-state index in [1.165, 1.54) is 42.6 Å². The fourth-order valence-electron chi connectivity index (χ4n) is 5.24. The predicted octanol–water partition coefficient (Wildman–Crippen LogP) is 3.34. The van der Waals surface area contributed by atoms with E-state index in [-0.39, 0.29) is 5.82 Å². The molecule has 3 aliphatic rings. The van der Waals surface area contributed by atoms with Crippen LogP contribution in [0.1, 0.15) is 54.1 Å². The van der Waals surface area contributed by atoms with E-state index in [0.717, 1.165) is 31.7 Å². The molecule has 2 bridgehead atoms. The fraction of sp³-hybridized carbons (Fsp3) is 0.571. The summed E-state index contributed by atoms with van der Waals surface area (Å²) in [6, 6.07) is 9.26. The van der Waals surface area contributed by atoms with Crippen LogP contribution in [0, 0.1) is 12.7 Å². The highest BCUT2D eigenvalue weighted by molar-refractivity contribution is 5.28. The Morgan fingerprint density at radius 1 is 1.19 bits per heavy atom. The summed E-state index contributed by atoms with van der Waals surface area (Å²) in [6.07, 6.45) is 4.96. The number of rotatable bonds is 3. The van der Waals surface area contributed by atoms with Gasteiger partial charge in [0.2, 0.25) is 0 Å². The lowest BCUT2D eigenvalue weighted by Crippen LogP contribution is -2.41. The Morgan fingerprint density at radius 2 is 2.00 bits per heavy atom. The molecule has 1 aromatic heterocycles.